The number of benzene rings is 7. The Labute approximate surface area is 301 Å². The molecule has 0 saturated heterocycles. The zero-order valence-electron chi connectivity index (χ0n) is 27.9. The third-order valence-corrected chi connectivity index (χ3v) is 12.0. The molecule has 0 aliphatic rings. The highest BCUT2D eigenvalue weighted by molar-refractivity contribution is 7.25. The van der Waals surface area contributed by atoms with Crippen LogP contribution in [0, 0.1) is 0 Å². The van der Waals surface area contributed by atoms with E-state index in [4.69, 9.17) is 4.98 Å². The van der Waals surface area contributed by atoms with Crippen LogP contribution in [-0.2, 0) is 0 Å². The number of fused-ring (bicyclic) bond motifs is 13. The van der Waals surface area contributed by atoms with Crippen molar-refractivity contribution in [3.8, 4) is 22.6 Å². The summed E-state index contributed by atoms with van der Waals surface area (Å²) < 4.78 is 8.55. The predicted octanol–water partition coefficient (Wildman–Crippen LogP) is 12.7. The summed E-state index contributed by atoms with van der Waals surface area (Å²) in [5.74, 6) is 0. The van der Waals surface area contributed by atoms with Gasteiger partial charge in [0.2, 0.25) is 0 Å². The summed E-state index contributed by atoms with van der Waals surface area (Å²) in [6.45, 7) is 0. The Balaban J connectivity index is 1.13. The van der Waals surface area contributed by atoms with Gasteiger partial charge < -0.3 is 13.5 Å². The molecule has 12 aromatic rings. The van der Waals surface area contributed by atoms with Crippen molar-refractivity contribution in [2.45, 2.75) is 0 Å². The summed E-state index contributed by atoms with van der Waals surface area (Å²) in [5, 5.41) is 7.59. The molecule has 0 fully saturated rings. The first-order valence-electron chi connectivity index (χ1n) is 17.6. The lowest BCUT2D eigenvalue weighted by Crippen LogP contribution is -1.96. The van der Waals surface area contributed by atoms with Gasteiger partial charge in [-0.05, 0) is 72.8 Å². The van der Waals surface area contributed by atoms with Crippen molar-refractivity contribution in [2.75, 3.05) is 0 Å². The van der Waals surface area contributed by atoms with Crippen LogP contribution >= 0.6 is 11.3 Å². The van der Waals surface area contributed by atoms with E-state index in [1.807, 2.05) is 11.3 Å². The fraction of sp³-hybridized carbons (Fsp3) is 0. The summed E-state index contributed by atoms with van der Waals surface area (Å²) in [7, 11) is 0. The van der Waals surface area contributed by atoms with Gasteiger partial charge in [0.25, 0.3) is 0 Å². The van der Waals surface area contributed by atoms with Crippen molar-refractivity contribution in [3.05, 3.63) is 170 Å². The Bertz CT molecular complexity index is 3400. The minimum absolute atomic E-state index is 0.984. The van der Waals surface area contributed by atoms with Gasteiger partial charge in [0.05, 0.1) is 44.3 Å². The lowest BCUT2D eigenvalue weighted by atomic mass is 10.1. The monoisotopic (exact) mass is 680 g/mol. The molecule has 0 aliphatic carbocycles. The quantitative estimate of drug-likeness (QED) is 0.182. The molecule has 242 valence electrons. The van der Waals surface area contributed by atoms with E-state index >= 15 is 0 Å². The van der Waals surface area contributed by atoms with Crippen molar-refractivity contribution in [1.82, 2.24) is 18.5 Å². The molecule has 0 saturated carbocycles. The molecule has 0 unspecified atom stereocenters. The van der Waals surface area contributed by atoms with Crippen LogP contribution in [0.5, 0.6) is 0 Å². The number of hydrogen-bond acceptors (Lipinski definition) is 2. The fourth-order valence-corrected chi connectivity index (χ4v) is 9.81. The van der Waals surface area contributed by atoms with Gasteiger partial charge >= 0.3 is 0 Å². The van der Waals surface area contributed by atoms with Gasteiger partial charge in [0, 0.05) is 54.0 Å². The zero-order valence-corrected chi connectivity index (χ0v) is 28.7. The summed E-state index contributed by atoms with van der Waals surface area (Å²) in [5.41, 5.74) is 12.4. The molecule has 0 atom stereocenters. The second-order valence-electron chi connectivity index (χ2n) is 13.6. The Morgan fingerprint density at radius 1 is 0.423 bits per heavy atom. The van der Waals surface area contributed by atoms with Gasteiger partial charge in [-0.15, -0.1) is 11.3 Å². The van der Waals surface area contributed by atoms with E-state index in [2.05, 4.69) is 183 Å². The maximum Gasteiger partial charge on any atom is 0.109 e. The minimum Gasteiger partial charge on any atom is -0.309 e. The third kappa shape index (κ3) is 3.78. The molecule has 52 heavy (non-hydrogen) atoms. The van der Waals surface area contributed by atoms with Crippen LogP contribution in [-0.4, -0.2) is 18.5 Å². The van der Waals surface area contributed by atoms with Crippen LogP contribution in [0.25, 0.3) is 103 Å². The van der Waals surface area contributed by atoms with E-state index in [0.29, 0.717) is 0 Å². The van der Waals surface area contributed by atoms with Crippen LogP contribution in [0.2, 0.25) is 0 Å². The van der Waals surface area contributed by atoms with Gasteiger partial charge in [-0.1, -0.05) is 97.1 Å². The van der Waals surface area contributed by atoms with Gasteiger partial charge in [-0.2, -0.15) is 0 Å². The van der Waals surface area contributed by atoms with E-state index in [0.717, 1.165) is 33.5 Å². The summed E-state index contributed by atoms with van der Waals surface area (Å²) in [6.07, 6.45) is 0. The summed E-state index contributed by atoms with van der Waals surface area (Å²) >= 11 is 1.87. The number of thiophene rings is 1. The second-order valence-corrected chi connectivity index (χ2v) is 14.6. The van der Waals surface area contributed by atoms with Gasteiger partial charge in [0.1, 0.15) is 4.83 Å². The number of aromatic nitrogens is 4. The molecule has 0 bridgehead atoms. The average Bonchev–Trinajstić information content (AvgIpc) is 3.94. The topological polar surface area (TPSA) is 27.2 Å². The molecule has 12 rings (SSSR count). The fourth-order valence-electron chi connectivity index (χ4n) is 8.56. The molecule has 0 aliphatic heterocycles. The van der Waals surface area contributed by atoms with E-state index in [1.54, 1.807) is 0 Å². The molecular weight excluding hydrogens is 653 g/mol. The van der Waals surface area contributed by atoms with Crippen molar-refractivity contribution in [2.24, 2.45) is 0 Å². The number of para-hydroxylation sites is 5. The molecule has 0 N–H and O–H groups in total. The standard InChI is InChI=1S/C47H28N4S/c1-2-13-31(14-3-1)49-39-19-9-5-15-33(39)35-27-42-36(28-41(35)49)45-34-16-6-11-21-44(34)52-47(45)50(42)32-24-22-29(23-25-32)46-43-26-30-12-4-8-18-38(30)51(43)40-20-10-7-17-37(40)48-46/h1-28H. The minimum atomic E-state index is 0.984. The second kappa shape index (κ2) is 10.4. The average molecular weight is 681 g/mol. The van der Waals surface area contributed by atoms with Crippen LogP contribution in [0.3, 0.4) is 0 Å². The van der Waals surface area contributed by atoms with Gasteiger partial charge in [-0.3, -0.25) is 0 Å². The SMILES string of the molecule is c1ccc(-n2c3ccccc3c3cc4c(cc32)c2c3ccccc3sc2n4-c2ccc(-c3nc4ccccc4n4c3cc3ccccc34)cc2)cc1. The molecule has 0 spiro atoms. The van der Waals surface area contributed by atoms with Crippen molar-refractivity contribution < 1.29 is 0 Å². The third-order valence-electron chi connectivity index (χ3n) is 10.8. The Kier molecular flexibility index (Phi) is 5.62. The molecular formula is C47H28N4S. The molecule has 7 aromatic carbocycles. The number of hydrogen-bond donors (Lipinski definition) is 0. The normalized spacial score (nSPS) is 12.2. The van der Waals surface area contributed by atoms with Crippen LogP contribution in [0.1, 0.15) is 0 Å². The summed E-state index contributed by atoms with van der Waals surface area (Å²) in [4.78, 5) is 6.51. The Morgan fingerprint density at radius 2 is 1.08 bits per heavy atom. The first-order chi connectivity index (χ1) is 25.8. The van der Waals surface area contributed by atoms with Crippen LogP contribution < -0.4 is 0 Å². The molecule has 0 radical (unpaired) electrons. The largest absolute Gasteiger partial charge is 0.309 e. The predicted molar refractivity (Wildman–Crippen MR) is 220 cm³/mol. The van der Waals surface area contributed by atoms with E-state index in [9.17, 15) is 0 Å². The summed E-state index contributed by atoms with van der Waals surface area (Å²) in [6, 6.07) is 61.5. The molecule has 0 amide bonds. The maximum absolute atomic E-state index is 5.25. The van der Waals surface area contributed by atoms with E-state index in [1.165, 1.54) is 69.6 Å². The number of nitrogens with zero attached hydrogens (tertiary/aromatic N) is 4. The maximum atomic E-state index is 5.25. The van der Waals surface area contributed by atoms with Crippen LogP contribution in [0.15, 0.2) is 170 Å². The Morgan fingerprint density at radius 3 is 1.94 bits per heavy atom. The van der Waals surface area contributed by atoms with Crippen molar-refractivity contribution >= 4 is 91.8 Å². The van der Waals surface area contributed by atoms with Crippen molar-refractivity contribution in [3.63, 3.8) is 0 Å². The first-order valence-corrected chi connectivity index (χ1v) is 18.5. The first kappa shape index (κ1) is 28.1. The lowest BCUT2D eigenvalue weighted by molar-refractivity contribution is 1.18. The highest BCUT2D eigenvalue weighted by Crippen LogP contribution is 2.45. The van der Waals surface area contributed by atoms with Crippen LogP contribution in [0.4, 0.5) is 0 Å². The number of rotatable bonds is 3. The van der Waals surface area contributed by atoms with Gasteiger partial charge in [-0.25, -0.2) is 4.98 Å². The Hall–Kier alpha value is -6.69. The highest BCUT2D eigenvalue weighted by atomic mass is 32.1. The smallest absolute Gasteiger partial charge is 0.109 e. The molecule has 5 heterocycles. The van der Waals surface area contributed by atoms with E-state index < -0.39 is 0 Å². The van der Waals surface area contributed by atoms with Crippen molar-refractivity contribution in [1.29, 1.82) is 0 Å². The zero-order chi connectivity index (χ0) is 33.9. The molecule has 5 aromatic heterocycles. The molecule has 5 heteroatoms. The van der Waals surface area contributed by atoms with Gasteiger partial charge in [0.15, 0.2) is 0 Å². The molecule has 4 nitrogen and oxygen atoms in total. The highest BCUT2D eigenvalue weighted by Gasteiger charge is 2.22. The van der Waals surface area contributed by atoms with E-state index in [-0.39, 0.29) is 0 Å². The lowest BCUT2D eigenvalue weighted by Gasteiger charge is -2.12.